The highest BCUT2D eigenvalue weighted by Gasteiger charge is 2.27. The van der Waals surface area contributed by atoms with Gasteiger partial charge >= 0.3 is 0 Å². The van der Waals surface area contributed by atoms with E-state index in [9.17, 15) is 5.11 Å². The third kappa shape index (κ3) is 2.93. The van der Waals surface area contributed by atoms with Crippen molar-refractivity contribution in [2.24, 2.45) is 11.8 Å². The number of hydrogen-bond acceptors (Lipinski definition) is 2. The van der Waals surface area contributed by atoms with E-state index in [0.29, 0.717) is 0 Å². The first-order valence-corrected chi connectivity index (χ1v) is 6.95. The van der Waals surface area contributed by atoms with Crippen LogP contribution in [0.25, 0.3) is 0 Å². The van der Waals surface area contributed by atoms with Gasteiger partial charge in [-0.3, -0.25) is 4.90 Å². The number of benzene rings is 1. The van der Waals surface area contributed by atoms with Crippen LogP contribution in [-0.4, -0.2) is 29.6 Å². The summed E-state index contributed by atoms with van der Waals surface area (Å²) in [7, 11) is 0. The summed E-state index contributed by atoms with van der Waals surface area (Å²) in [6, 6.07) is 6.27. The molecule has 0 aromatic heterocycles. The Hall–Kier alpha value is -0.860. The summed E-state index contributed by atoms with van der Waals surface area (Å²) >= 11 is 0. The highest BCUT2D eigenvalue weighted by molar-refractivity contribution is 5.31. The van der Waals surface area contributed by atoms with Crippen molar-refractivity contribution in [3.63, 3.8) is 0 Å². The number of hydrogen-bond donors (Lipinski definition) is 1. The lowest BCUT2D eigenvalue weighted by Gasteiger charge is -2.20. The third-order valence-electron chi connectivity index (χ3n) is 4.41. The predicted molar refractivity (Wildman–Crippen MR) is 75.6 cm³/mol. The van der Waals surface area contributed by atoms with Crippen molar-refractivity contribution in [2.75, 3.05) is 19.6 Å². The number of nitrogens with zero attached hydrogens (tertiary/aromatic N) is 1. The van der Waals surface area contributed by atoms with Crippen LogP contribution in [0.1, 0.15) is 36.6 Å². The number of β-amino-alcohol motifs (C(OH)–C–C–N with tert-alkyl or cyclic N) is 1. The van der Waals surface area contributed by atoms with E-state index >= 15 is 0 Å². The molecule has 0 aliphatic carbocycles. The van der Waals surface area contributed by atoms with E-state index in [2.05, 4.69) is 50.8 Å². The Bertz CT molecular complexity index is 406. The number of aryl methyl sites for hydroxylation is 2. The lowest BCUT2D eigenvalue weighted by molar-refractivity contribution is 0.123. The molecule has 0 saturated carbocycles. The largest absolute Gasteiger partial charge is 0.387 e. The number of aliphatic hydroxyl groups is 1. The van der Waals surface area contributed by atoms with Gasteiger partial charge in [0, 0.05) is 19.6 Å². The van der Waals surface area contributed by atoms with Gasteiger partial charge in [-0.2, -0.15) is 0 Å². The van der Waals surface area contributed by atoms with Crippen molar-refractivity contribution in [3.05, 3.63) is 34.9 Å². The monoisotopic (exact) mass is 247 g/mol. The maximum atomic E-state index is 10.3. The summed E-state index contributed by atoms with van der Waals surface area (Å²) in [5, 5.41) is 10.3. The number of rotatable bonds is 3. The normalized spacial score (nSPS) is 26.5. The van der Waals surface area contributed by atoms with Crippen molar-refractivity contribution >= 4 is 0 Å². The van der Waals surface area contributed by atoms with E-state index in [1.54, 1.807) is 0 Å². The molecular weight excluding hydrogens is 222 g/mol. The Balaban J connectivity index is 1.99. The molecule has 0 amide bonds. The first-order chi connectivity index (χ1) is 8.47. The zero-order valence-corrected chi connectivity index (χ0v) is 12.0. The standard InChI is InChI=1S/C16H25NO/c1-11-5-6-15(7-12(11)2)16(18)10-17-8-13(3)14(4)9-17/h5-7,13-14,16,18H,8-10H2,1-4H3. The summed E-state index contributed by atoms with van der Waals surface area (Å²) in [5.74, 6) is 1.49. The summed E-state index contributed by atoms with van der Waals surface area (Å²) in [4.78, 5) is 2.38. The fourth-order valence-electron chi connectivity index (χ4n) is 2.72. The van der Waals surface area contributed by atoms with Crippen molar-refractivity contribution < 1.29 is 5.11 Å². The first-order valence-electron chi connectivity index (χ1n) is 6.95. The molecule has 3 unspecified atom stereocenters. The van der Waals surface area contributed by atoms with E-state index in [-0.39, 0.29) is 6.10 Å². The zero-order valence-electron chi connectivity index (χ0n) is 12.0. The minimum Gasteiger partial charge on any atom is -0.387 e. The molecular formula is C16H25NO. The van der Waals surface area contributed by atoms with E-state index in [0.717, 1.165) is 37.0 Å². The van der Waals surface area contributed by atoms with Crippen LogP contribution in [0.3, 0.4) is 0 Å². The molecule has 1 aliphatic rings. The molecule has 2 heteroatoms. The molecule has 3 atom stereocenters. The van der Waals surface area contributed by atoms with Crippen molar-refractivity contribution in [1.82, 2.24) is 4.90 Å². The number of aliphatic hydroxyl groups excluding tert-OH is 1. The number of likely N-dealkylation sites (tertiary alicyclic amines) is 1. The molecule has 1 N–H and O–H groups in total. The van der Waals surface area contributed by atoms with Crippen LogP contribution in [0.15, 0.2) is 18.2 Å². The predicted octanol–water partition coefficient (Wildman–Crippen LogP) is 2.92. The van der Waals surface area contributed by atoms with Crippen LogP contribution >= 0.6 is 0 Å². The molecule has 1 aromatic rings. The van der Waals surface area contributed by atoms with Crippen LogP contribution < -0.4 is 0 Å². The average molecular weight is 247 g/mol. The van der Waals surface area contributed by atoms with E-state index in [1.807, 2.05) is 0 Å². The van der Waals surface area contributed by atoms with Gasteiger partial charge in [0.05, 0.1) is 6.10 Å². The highest BCUT2D eigenvalue weighted by atomic mass is 16.3. The molecule has 18 heavy (non-hydrogen) atoms. The molecule has 1 heterocycles. The maximum absolute atomic E-state index is 10.3. The first kappa shape index (κ1) is 13.6. The van der Waals surface area contributed by atoms with Crippen molar-refractivity contribution in [3.8, 4) is 0 Å². The fraction of sp³-hybridized carbons (Fsp3) is 0.625. The topological polar surface area (TPSA) is 23.5 Å². The second kappa shape index (κ2) is 5.41. The molecule has 0 bridgehead atoms. The average Bonchev–Trinajstić information content (AvgIpc) is 2.61. The quantitative estimate of drug-likeness (QED) is 0.887. The minimum absolute atomic E-state index is 0.359. The van der Waals surface area contributed by atoms with E-state index in [1.165, 1.54) is 11.1 Å². The second-order valence-corrected chi connectivity index (χ2v) is 6.03. The molecule has 0 spiro atoms. The van der Waals surface area contributed by atoms with Crippen molar-refractivity contribution in [2.45, 2.75) is 33.8 Å². The lowest BCUT2D eigenvalue weighted by Crippen LogP contribution is -2.26. The lowest BCUT2D eigenvalue weighted by atomic mass is 10.0. The Morgan fingerprint density at radius 2 is 1.78 bits per heavy atom. The molecule has 1 aromatic carbocycles. The van der Waals surface area contributed by atoms with Gasteiger partial charge in [0.2, 0.25) is 0 Å². The smallest absolute Gasteiger partial charge is 0.0917 e. The van der Waals surface area contributed by atoms with Crippen LogP contribution in [0.2, 0.25) is 0 Å². The van der Waals surface area contributed by atoms with E-state index < -0.39 is 0 Å². The molecule has 2 rings (SSSR count). The SMILES string of the molecule is Cc1ccc(C(O)CN2CC(C)C(C)C2)cc1C. The third-order valence-corrected chi connectivity index (χ3v) is 4.41. The maximum Gasteiger partial charge on any atom is 0.0917 e. The molecule has 1 aliphatic heterocycles. The van der Waals surface area contributed by atoms with Gasteiger partial charge < -0.3 is 5.11 Å². The molecule has 2 nitrogen and oxygen atoms in total. The van der Waals surface area contributed by atoms with Gasteiger partial charge in [-0.05, 0) is 42.4 Å². The van der Waals surface area contributed by atoms with Crippen LogP contribution in [0.5, 0.6) is 0 Å². The van der Waals surface area contributed by atoms with E-state index in [4.69, 9.17) is 0 Å². The molecule has 1 saturated heterocycles. The van der Waals surface area contributed by atoms with Crippen LogP contribution in [0, 0.1) is 25.7 Å². The summed E-state index contributed by atoms with van der Waals surface area (Å²) < 4.78 is 0. The molecule has 0 radical (unpaired) electrons. The van der Waals surface area contributed by atoms with Gasteiger partial charge in [0.1, 0.15) is 0 Å². The zero-order chi connectivity index (χ0) is 13.3. The summed E-state index contributed by atoms with van der Waals surface area (Å²) in [6.07, 6.45) is -0.359. The van der Waals surface area contributed by atoms with Gasteiger partial charge in [-0.15, -0.1) is 0 Å². The molecule has 1 fully saturated rings. The van der Waals surface area contributed by atoms with Gasteiger partial charge in [-0.25, -0.2) is 0 Å². The summed E-state index contributed by atoms with van der Waals surface area (Å²) in [6.45, 7) is 11.8. The van der Waals surface area contributed by atoms with Gasteiger partial charge in [0.25, 0.3) is 0 Å². The van der Waals surface area contributed by atoms with Gasteiger partial charge in [0.15, 0.2) is 0 Å². The highest BCUT2D eigenvalue weighted by Crippen LogP contribution is 2.25. The molecule has 100 valence electrons. The van der Waals surface area contributed by atoms with Crippen LogP contribution in [0.4, 0.5) is 0 Å². The van der Waals surface area contributed by atoms with Crippen molar-refractivity contribution in [1.29, 1.82) is 0 Å². The minimum atomic E-state index is -0.359. The van der Waals surface area contributed by atoms with Gasteiger partial charge in [-0.1, -0.05) is 32.0 Å². The van der Waals surface area contributed by atoms with Crippen LogP contribution in [-0.2, 0) is 0 Å². The Morgan fingerprint density at radius 3 is 2.33 bits per heavy atom. The Morgan fingerprint density at radius 1 is 1.17 bits per heavy atom. The Labute approximate surface area is 111 Å². The summed E-state index contributed by atoms with van der Waals surface area (Å²) in [5.41, 5.74) is 3.59. The fourth-order valence-corrected chi connectivity index (χ4v) is 2.72. The second-order valence-electron chi connectivity index (χ2n) is 6.03. The Kier molecular flexibility index (Phi) is 4.08.